The van der Waals surface area contributed by atoms with Crippen LogP contribution in [-0.2, 0) is 10.3 Å². The fraction of sp³-hybridized carbons (Fsp3) is 0.462. The number of nitrogens with zero attached hydrogens (tertiary/aromatic N) is 1. The first kappa shape index (κ1) is 14.8. The van der Waals surface area contributed by atoms with Crippen LogP contribution in [0.25, 0.3) is 0 Å². The summed E-state index contributed by atoms with van der Waals surface area (Å²) in [6, 6.07) is 5.70. The smallest absolute Gasteiger partial charge is 0.335 e. The molecule has 0 aromatic heterocycles. The summed E-state index contributed by atoms with van der Waals surface area (Å²) in [5.41, 5.74) is 5.77. The van der Waals surface area contributed by atoms with E-state index in [1.807, 2.05) is 0 Å². The number of piperidine rings is 1. The normalized spacial score (nSPS) is 18.9. The van der Waals surface area contributed by atoms with Crippen molar-refractivity contribution in [2.75, 3.05) is 13.1 Å². The standard InChI is InChI=1S/C13H14F4N2O/c14-10-3-1-2-9(8-10)12(18)4-6-19(7-5-12)11(20)13(15,16)17/h1-3,8H,4-7,18H2. The largest absolute Gasteiger partial charge is 0.471 e. The molecule has 1 aliphatic rings. The number of nitrogens with two attached hydrogens (primary N) is 1. The number of alkyl halides is 3. The van der Waals surface area contributed by atoms with Gasteiger partial charge in [0.05, 0.1) is 0 Å². The van der Waals surface area contributed by atoms with Crippen molar-refractivity contribution >= 4 is 5.91 Å². The molecular formula is C13H14F4N2O. The van der Waals surface area contributed by atoms with Gasteiger partial charge in [-0.3, -0.25) is 4.79 Å². The molecule has 2 N–H and O–H groups in total. The van der Waals surface area contributed by atoms with Crippen LogP contribution < -0.4 is 5.73 Å². The van der Waals surface area contributed by atoms with E-state index in [0.29, 0.717) is 5.56 Å². The van der Waals surface area contributed by atoms with Crippen molar-refractivity contribution < 1.29 is 22.4 Å². The van der Waals surface area contributed by atoms with Gasteiger partial charge in [0.25, 0.3) is 0 Å². The lowest BCUT2D eigenvalue weighted by Crippen LogP contribution is -2.52. The van der Waals surface area contributed by atoms with Crippen molar-refractivity contribution in [3.63, 3.8) is 0 Å². The minimum Gasteiger partial charge on any atom is -0.335 e. The number of rotatable bonds is 1. The van der Waals surface area contributed by atoms with E-state index < -0.39 is 23.4 Å². The van der Waals surface area contributed by atoms with Gasteiger partial charge in [-0.15, -0.1) is 0 Å². The number of likely N-dealkylation sites (tertiary alicyclic amines) is 1. The van der Waals surface area contributed by atoms with Crippen molar-refractivity contribution in [1.29, 1.82) is 0 Å². The number of amides is 1. The van der Waals surface area contributed by atoms with Gasteiger partial charge in [0.2, 0.25) is 0 Å². The Morgan fingerprint density at radius 3 is 2.35 bits per heavy atom. The van der Waals surface area contributed by atoms with Gasteiger partial charge in [-0.25, -0.2) is 4.39 Å². The van der Waals surface area contributed by atoms with E-state index in [1.54, 1.807) is 6.07 Å². The summed E-state index contributed by atoms with van der Waals surface area (Å²) in [6.07, 6.45) is -4.54. The molecule has 110 valence electrons. The molecule has 0 saturated carbocycles. The van der Waals surface area contributed by atoms with Crippen LogP contribution in [0.2, 0.25) is 0 Å². The Hall–Kier alpha value is -1.63. The summed E-state index contributed by atoms with van der Waals surface area (Å²) < 4.78 is 50.2. The SMILES string of the molecule is NC1(c2cccc(F)c2)CCN(C(=O)C(F)(F)F)CC1. The minimum absolute atomic E-state index is 0.0919. The molecule has 1 amide bonds. The van der Waals surface area contributed by atoms with Gasteiger partial charge >= 0.3 is 12.1 Å². The molecule has 1 aromatic rings. The van der Waals surface area contributed by atoms with E-state index in [0.717, 1.165) is 4.90 Å². The molecule has 1 fully saturated rings. The van der Waals surface area contributed by atoms with Gasteiger partial charge in [0.15, 0.2) is 0 Å². The molecule has 3 nitrogen and oxygen atoms in total. The molecule has 0 aliphatic carbocycles. The second kappa shape index (κ2) is 5.05. The summed E-state index contributed by atoms with van der Waals surface area (Å²) in [5, 5.41) is 0. The molecule has 1 aliphatic heterocycles. The molecule has 20 heavy (non-hydrogen) atoms. The third-order valence-corrected chi connectivity index (χ3v) is 3.58. The van der Waals surface area contributed by atoms with Crippen molar-refractivity contribution in [2.24, 2.45) is 5.73 Å². The second-order valence-corrected chi connectivity index (χ2v) is 4.96. The van der Waals surface area contributed by atoms with Gasteiger partial charge < -0.3 is 10.6 Å². The van der Waals surface area contributed by atoms with Crippen LogP contribution in [0.15, 0.2) is 24.3 Å². The van der Waals surface area contributed by atoms with Gasteiger partial charge in [-0.05, 0) is 30.5 Å². The summed E-state index contributed by atoms with van der Waals surface area (Å²) in [5.74, 6) is -2.29. The molecule has 7 heteroatoms. The van der Waals surface area contributed by atoms with Crippen LogP contribution in [0.1, 0.15) is 18.4 Å². The topological polar surface area (TPSA) is 46.3 Å². The Balaban J connectivity index is 2.09. The molecule has 1 saturated heterocycles. The highest BCUT2D eigenvalue weighted by molar-refractivity contribution is 5.82. The lowest BCUT2D eigenvalue weighted by molar-refractivity contribution is -0.186. The lowest BCUT2D eigenvalue weighted by atomic mass is 9.82. The number of benzene rings is 1. The second-order valence-electron chi connectivity index (χ2n) is 4.96. The number of hydrogen-bond acceptors (Lipinski definition) is 2. The molecule has 1 heterocycles. The van der Waals surface area contributed by atoms with Gasteiger partial charge in [0.1, 0.15) is 5.82 Å². The fourth-order valence-electron chi connectivity index (χ4n) is 2.37. The molecular weight excluding hydrogens is 276 g/mol. The highest BCUT2D eigenvalue weighted by atomic mass is 19.4. The average Bonchev–Trinajstić information content (AvgIpc) is 2.38. The van der Waals surface area contributed by atoms with Crippen molar-refractivity contribution in [3.05, 3.63) is 35.6 Å². The van der Waals surface area contributed by atoms with Crippen LogP contribution >= 0.6 is 0 Å². The monoisotopic (exact) mass is 290 g/mol. The van der Waals surface area contributed by atoms with Gasteiger partial charge in [-0.2, -0.15) is 13.2 Å². The van der Waals surface area contributed by atoms with E-state index in [1.165, 1.54) is 18.2 Å². The molecule has 0 unspecified atom stereocenters. The number of carbonyl (C=O) groups is 1. The minimum atomic E-state index is -4.87. The average molecular weight is 290 g/mol. The zero-order chi connectivity index (χ0) is 15.0. The van der Waals surface area contributed by atoms with E-state index in [-0.39, 0.29) is 25.9 Å². The first-order valence-electron chi connectivity index (χ1n) is 6.13. The molecule has 1 aromatic carbocycles. The number of hydrogen-bond donors (Lipinski definition) is 1. The number of carbonyl (C=O) groups excluding carboxylic acids is 1. The van der Waals surface area contributed by atoms with E-state index in [4.69, 9.17) is 5.73 Å². The van der Waals surface area contributed by atoms with Crippen molar-refractivity contribution in [1.82, 2.24) is 4.90 Å². The Morgan fingerprint density at radius 2 is 1.85 bits per heavy atom. The highest BCUT2D eigenvalue weighted by Gasteiger charge is 2.45. The summed E-state index contributed by atoms with van der Waals surface area (Å²) in [6.45, 7) is -0.184. The summed E-state index contributed by atoms with van der Waals surface area (Å²) >= 11 is 0. The summed E-state index contributed by atoms with van der Waals surface area (Å²) in [7, 11) is 0. The van der Waals surface area contributed by atoms with Crippen LogP contribution in [0.5, 0.6) is 0 Å². The molecule has 0 atom stereocenters. The predicted octanol–water partition coefficient (Wildman–Crippen LogP) is 2.16. The Kier molecular flexibility index (Phi) is 3.73. The third-order valence-electron chi connectivity index (χ3n) is 3.58. The first-order chi connectivity index (χ1) is 9.22. The fourth-order valence-corrected chi connectivity index (χ4v) is 2.37. The van der Waals surface area contributed by atoms with Crippen LogP contribution in [0.3, 0.4) is 0 Å². The maximum atomic E-state index is 13.2. The number of halogens is 4. The van der Waals surface area contributed by atoms with Gasteiger partial charge in [-0.1, -0.05) is 12.1 Å². The molecule has 0 radical (unpaired) electrons. The van der Waals surface area contributed by atoms with E-state index in [2.05, 4.69) is 0 Å². The predicted molar refractivity (Wildman–Crippen MR) is 64.1 cm³/mol. The third kappa shape index (κ3) is 2.92. The molecule has 0 bridgehead atoms. The van der Waals surface area contributed by atoms with E-state index in [9.17, 15) is 22.4 Å². The molecule has 2 rings (SSSR count). The zero-order valence-electron chi connectivity index (χ0n) is 10.6. The Bertz CT molecular complexity index is 507. The molecule has 0 spiro atoms. The van der Waals surface area contributed by atoms with Crippen LogP contribution in [0, 0.1) is 5.82 Å². The Morgan fingerprint density at radius 1 is 1.25 bits per heavy atom. The highest BCUT2D eigenvalue weighted by Crippen LogP contribution is 2.32. The maximum Gasteiger partial charge on any atom is 0.471 e. The zero-order valence-corrected chi connectivity index (χ0v) is 10.6. The quantitative estimate of drug-likeness (QED) is 0.806. The lowest BCUT2D eigenvalue weighted by Gasteiger charge is -2.39. The Labute approximate surface area is 113 Å². The van der Waals surface area contributed by atoms with E-state index >= 15 is 0 Å². The summed E-state index contributed by atoms with van der Waals surface area (Å²) in [4.78, 5) is 11.9. The van der Waals surface area contributed by atoms with Crippen LogP contribution in [-0.4, -0.2) is 30.1 Å². The van der Waals surface area contributed by atoms with Gasteiger partial charge in [0, 0.05) is 18.6 Å². The van der Waals surface area contributed by atoms with Crippen molar-refractivity contribution in [3.8, 4) is 0 Å². The maximum absolute atomic E-state index is 13.2. The first-order valence-corrected chi connectivity index (χ1v) is 6.13. The van der Waals surface area contributed by atoms with Crippen LogP contribution in [0.4, 0.5) is 17.6 Å². The van der Waals surface area contributed by atoms with Crippen molar-refractivity contribution in [2.45, 2.75) is 24.6 Å².